The van der Waals surface area contributed by atoms with Crippen molar-refractivity contribution in [2.24, 2.45) is 5.10 Å². The largest absolute Gasteiger partial charge is 0.471 e. The Morgan fingerprint density at radius 3 is 2.67 bits per heavy atom. The van der Waals surface area contributed by atoms with Gasteiger partial charge in [-0.3, -0.25) is 14.9 Å². The lowest BCUT2D eigenvalue weighted by Gasteiger charge is -2.15. The third kappa shape index (κ3) is 5.01. The zero-order chi connectivity index (χ0) is 27.7. The fraction of sp³-hybridized carbons (Fsp3) is 0.111. The molecular formula is C27H19BrN4O7. The molecule has 2 aromatic heterocycles. The first kappa shape index (κ1) is 25.8. The number of methoxy groups -OCH3 is 1. The number of carbonyl (C=O) groups excluding carboxylic acids is 1. The van der Waals surface area contributed by atoms with Crippen molar-refractivity contribution >= 4 is 55.7 Å². The van der Waals surface area contributed by atoms with Crippen molar-refractivity contribution in [3.05, 3.63) is 97.2 Å². The highest BCUT2D eigenvalue weighted by Gasteiger charge is 2.26. The van der Waals surface area contributed by atoms with Gasteiger partial charge in [-0.15, -0.1) is 0 Å². The summed E-state index contributed by atoms with van der Waals surface area (Å²) in [4.78, 5) is 41.3. The van der Waals surface area contributed by atoms with Gasteiger partial charge in [0.1, 0.15) is 5.58 Å². The minimum Gasteiger partial charge on any atom is -0.471 e. The van der Waals surface area contributed by atoms with Gasteiger partial charge in [-0.05, 0) is 37.3 Å². The molecule has 2 heterocycles. The third-order valence-corrected chi connectivity index (χ3v) is 6.26. The first-order chi connectivity index (χ1) is 18.8. The fourth-order valence-corrected chi connectivity index (χ4v) is 4.42. The van der Waals surface area contributed by atoms with E-state index in [0.29, 0.717) is 26.7 Å². The van der Waals surface area contributed by atoms with Crippen LogP contribution < -0.4 is 10.3 Å². The lowest BCUT2D eigenvalue weighted by atomic mass is 10.2. The average Bonchev–Trinajstić information content (AvgIpc) is 3.37. The summed E-state index contributed by atoms with van der Waals surface area (Å²) in [5.74, 6) is -0.526. The molecule has 0 fully saturated rings. The molecule has 11 nitrogen and oxygen atoms in total. The number of halogens is 1. The van der Waals surface area contributed by atoms with Gasteiger partial charge in [0.2, 0.25) is 11.6 Å². The predicted octanol–water partition coefficient (Wildman–Crippen LogP) is 5.30. The maximum absolute atomic E-state index is 13.5. The fourth-order valence-electron chi connectivity index (χ4n) is 3.95. The molecule has 3 aromatic carbocycles. The van der Waals surface area contributed by atoms with Gasteiger partial charge in [0.25, 0.3) is 5.56 Å². The number of ether oxygens (including phenoxy) is 2. The summed E-state index contributed by atoms with van der Waals surface area (Å²) in [5.41, 5.74) is 0.270. The number of furan rings is 1. The Labute approximate surface area is 228 Å². The number of hydrogen-bond donors (Lipinski definition) is 0. The molecule has 39 heavy (non-hydrogen) atoms. The quantitative estimate of drug-likeness (QED) is 0.108. The van der Waals surface area contributed by atoms with E-state index >= 15 is 0 Å². The number of carbonyl (C=O) groups is 1. The number of aromatic nitrogens is 2. The molecule has 5 rings (SSSR count). The molecule has 1 atom stereocenters. The Hall–Kier alpha value is -4.84. The highest BCUT2D eigenvalue weighted by molar-refractivity contribution is 9.10. The van der Waals surface area contributed by atoms with Crippen LogP contribution in [0, 0.1) is 10.1 Å². The molecule has 0 amide bonds. The van der Waals surface area contributed by atoms with Crippen molar-refractivity contribution in [3.63, 3.8) is 0 Å². The SMILES string of the molecule is COC(=O)[C@H](C)Oc1c(C=Nn2c(-c3cc4ccccc4o3)nc3ccccc3c2=O)cc(Br)cc1[N+](=O)[O-]. The van der Waals surface area contributed by atoms with E-state index in [-0.39, 0.29) is 17.1 Å². The highest BCUT2D eigenvalue weighted by atomic mass is 79.9. The predicted molar refractivity (Wildman–Crippen MR) is 147 cm³/mol. The summed E-state index contributed by atoms with van der Waals surface area (Å²) in [6, 6.07) is 18.6. The molecule has 0 aliphatic rings. The first-order valence-corrected chi connectivity index (χ1v) is 12.3. The number of nitro groups is 1. The van der Waals surface area contributed by atoms with Crippen LogP contribution in [0.5, 0.6) is 5.75 Å². The van der Waals surface area contributed by atoms with Gasteiger partial charge in [-0.2, -0.15) is 9.78 Å². The molecule has 0 aliphatic carbocycles. The molecule has 0 bridgehead atoms. The number of rotatable bonds is 7. The summed E-state index contributed by atoms with van der Waals surface area (Å²) in [7, 11) is 1.18. The van der Waals surface area contributed by atoms with E-state index in [1.807, 2.05) is 18.2 Å². The second-order valence-electron chi connectivity index (χ2n) is 8.35. The lowest BCUT2D eigenvalue weighted by molar-refractivity contribution is -0.386. The van der Waals surface area contributed by atoms with E-state index in [1.54, 1.807) is 36.4 Å². The van der Waals surface area contributed by atoms with Gasteiger partial charge in [-0.1, -0.05) is 46.3 Å². The maximum atomic E-state index is 13.5. The smallest absolute Gasteiger partial charge is 0.346 e. The van der Waals surface area contributed by atoms with Crippen LogP contribution in [0.2, 0.25) is 0 Å². The van der Waals surface area contributed by atoms with Crippen LogP contribution in [-0.4, -0.2) is 40.0 Å². The van der Waals surface area contributed by atoms with Crippen molar-refractivity contribution in [1.29, 1.82) is 0 Å². The molecule has 5 aromatic rings. The maximum Gasteiger partial charge on any atom is 0.346 e. The van der Waals surface area contributed by atoms with Gasteiger partial charge in [0, 0.05) is 21.5 Å². The number of para-hydroxylation sites is 2. The van der Waals surface area contributed by atoms with Gasteiger partial charge < -0.3 is 13.9 Å². The monoisotopic (exact) mass is 590 g/mol. The number of fused-ring (bicyclic) bond motifs is 2. The van der Waals surface area contributed by atoms with E-state index < -0.39 is 28.2 Å². The van der Waals surface area contributed by atoms with Crippen molar-refractivity contribution in [2.45, 2.75) is 13.0 Å². The Kier molecular flexibility index (Phi) is 6.94. The van der Waals surface area contributed by atoms with Gasteiger partial charge in [0.15, 0.2) is 11.9 Å². The van der Waals surface area contributed by atoms with Gasteiger partial charge in [-0.25, -0.2) is 9.78 Å². The molecule has 0 unspecified atom stereocenters. The molecular weight excluding hydrogens is 572 g/mol. The molecule has 0 spiro atoms. The number of nitrogens with zero attached hydrogens (tertiary/aromatic N) is 4. The lowest BCUT2D eigenvalue weighted by Crippen LogP contribution is -2.26. The second kappa shape index (κ2) is 10.5. The normalized spacial score (nSPS) is 12.2. The number of nitro benzene ring substituents is 1. The van der Waals surface area contributed by atoms with Crippen molar-refractivity contribution < 1.29 is 23.6 Å². The summed E-state index contributed by atoms with van der Waals surface area (Å²) in [6.45, 7) is 1.40. The third-order valence-electron chi connectivity index (χ3n) is 5.80. The summed E-state index contributed by atoms with van der Waals surface area (Å²) >= 11 is 3.26. The number of hydrogen-bond acceptors (Lipinski definition) is 9. The second-order valence-corrected chi connectivity index (χ2v) is 9.26. The van der Waals surface area contributed by atoms with E-state index in [9.17, 15) is 19.7 Å². The molecule has 0 radical (unpaired) electrons. The van der Waals surface area contributed by atoms with Crippen molar-refractivity contribution in [1.82, 2.24) is 9.66 Å². The van der Waals surface area contributed by atoms with Crippen LogP contribution in [-0.2, 0) is 9.53 Å². The topological polar surface area (TPSA) is 139 Å². The van der Waals surface area contributed by atoms with Crippen LogP contribution in [0.4, 0.5) is 5.69 Å². The van der Waals surface area contributed by atoms with E-state index in [1.165, 1.54) is 32.4 Å². The standard InChI is InChI=1S/C27H19BrN4O7/c1-15(27(34)37-2)38-24-17(11-18(28)13-21(24)32(35)36)14-29-31-25(23-12-16-7-3-6-10-22(16)39-23)30-20-9-5-4-8-19(20)26(31)33/h3-15H,1-2H3/t15-/m0/s1. The van der Waals surface area contributed by atoms with Crippen LogP contribution in [0.1, 0.15) is 12.5 Å². The summed E-state index contributed by atoms with van der Waals surface area (Å²) in [6.07, 6.45) is 0.0689. The molecule has 0 saturated heterocycles. The van der Waals surface area contributed by atoms with Gasteiger partial charge >= 0.3 is 11.7 Å². The average molecular weight is 591 g/mol. The zero-order valence-corrected chi connectivity index (χ0v) is 22.1. The van der Waals surface area contributed by atoms with Crippen molar-refractivity contribution in [2.75, 3.05) is 7.11 Å². The molecule has 0 saturated carbocycles. The van der Waals surface area contributed by atoms with E-state index in [4.69, 9.17) is 9.15 Å². The first-order valence-electron chi connectivity index (χ1n) is 11.5. The number of benzene rings is 3. The Morgan fingerprint density at radius 1 is 1.18 bits per heavy atom. The minimum atomic E-state index is -1.15. The van der Waals surface area contributed by atoms with Crippen molar-refractivity contribution in [3.8, 4) is 17.3 Å². The summed E-state index contributed by atoms with van der Waals surface area (Å²) < 4.78 is 17.7. The number of esters is 1. The Morgan fingerprint density at radius 2 is 1.92 bits per heavy atom. The van der Waals surface area contributed by atoms with Crippen LogP contribution in [0.25, 0.3) is 33.5 Å². The van der Waals surface area contributed by atoms with E-state index in [2.05, 4.69) is 30.8 Å². The van der Waals surface area contributed by atoms with Gasteiger partial charge in [0.05, 0.1) is 29.2 Å². The Bertz CT molecular complexity index is 1810. The minimum absolute atomic E-state index is 0.126. The molecule has 12 heteroatoms. The van der Waals surface area contributed by atoms with Crippen LogP contribution in [0.15, 0.2) is 85.5 Å². The molecule has 196 valence electrons. The molecule has 0 aliphatic heterocycles. The highest BCUT2D eigenvalue weighted by Crippen LogP contribution is 2.35. The summed E-state index contributed by atoms with van der Waals surface area (Å²) in [5, 5.41) is 17.3. The Balaban J connectivity index is 1.71. The van der Waals surface area contributed by atoms with Crippen LogP contribution in [0.3, 0.4) is 0 Å². The molecule has 0 N–H and O–H groups in total. The zero-order valence-electron chi connectivity index (χ0n) is 20.5. The van der Waals surface area contributed by atoms with E-state index in [0.717, 1.165) is 10.1 Å². The van der Waals surface area contributed by atoms with Crippen LogP contribution >= 0.6 is 15.9 Å².